The zero-order valence-corrected chi connectivity index (χ0v) is 13.4. The van der Waals surface area contributed by atoms with Crippen molar-refractivity contribution in [3.63, 3.8) is 0 Å². The summed E-state index contributed by atoms with van der Waals surface area (Å²) < 4.78 is 40.5. The monoisotopic (exact) mass is 351 g/mol. The molecule has 0 aliphatic rings. The van der Waals surface area contributed by atoms with Crippen LogP contribution in [0.1, 0.15) is 17.3 Å². The number of hydrogen-bond acceptors (Lipinski definition) is 4. The van der Waals surface area contributed by atoms with E-state index in [1.807, 2.05) is 0 Å². The summed E-state index contributed by atoms with van der Waals surface area (Å²) in [6, 6.07) is 8.51. The minimum absolute atomic E-state index is 0.0740. The number of rotatable bonds is 5. The van der Waals surface area contributed by atoms with Crippen LogP contribution in [0.3, 0.4) is 0 Å². The van der Waals surface area contributed by atoms with Gasteiger partial charge in [-0.25, -0.2) is 12.8 Å². The molecule has 0 saturated heterocycles. The molecule has 0 heterocycles. The summed E-state index contributed by atoms with van der Waals surface area (Å²) in [6.45, 7) is 1.32. The molecule has 9 heteroatoms. The Morgan fingerprint density at radius 2 is 1.71 bits per heavy atom. The predicted molar refractivity (Wildman–Crippen MR) is 86.5 cm³/mol. The molecule has 126 valence electrons. The summed E-state index contributed by atoms with van der Waals surface area (Å²) in [5.41, 5.74) is 5.07. The highest BCUT2D eigenvalue weighted by atomic mass is 32.2. The van der Waals surface area contributed by atoms with Crippen molar-refractivity contribution in [2.75, 3.05) is 10.0 Å². The Hall–Kier alpha value is -2.94. The smallest absolute Gasteiger partial charge is 0.261 e. The molecule has 0 fully saturated rings. The number of halogens is 1. The van der Waals surface area contributed by atoms with Gasteiger partial charge in [0.25, 0.3) is 10.0 Å². The van der Waals surface area contributed by atoms with Crippen molar-refractivity contribution < 1.29 is 22.4 Å². The lowest BCUT2D eigenvalue weighted by atomic mass is 10.2. The van der Waals surface area contributed by atoms with E-state index in [0.29, 0.717) is 5.69 Å². The van der Waals surface area contributed by atoms with Gasteiger partial charge in [0, 0.05) is 18.2 Å². The Balaban J connectivity index is 2.25. The zero-order chi connectivity index (χ0) is 17.9. The van der Waals surface area contributed by atoms with Gasteiger partial charge < -0.3 is 11.1 Å². The van der Waals surface area contributed by atoms with Crippen LogP contribution in [0.15, 0.2) is 47.4 Å². The van der Waals surface area contributed by atoms with Gasteiger partial charge in [0.05, 0.1) is 10.6 Å². The number of carbonyl (C=O) groups is 2. The van der Waals surface area contributed by atoms with Crippen LogP contribution in [-0.4, -0.2) is 20.2 Å². The summed E-state index contributed by atoms with van der Waals surface area (Å²) in [5.74, 6) is -2.04. The molecular weight excluding hydrogens is 337 g/mol. The van der Waals surface area contributed by atoms with Gasteiger partial charge in [0.1, 0.15) is 5.82 Å². The minimum atomic E-state index is -4.03. The zero-order valence-electron chi connectivity index (χ0n) is 12.5. The largest absolute Gasteiger partial charge is 0.366 e. The molecule has 2 aromatic rings. The van der Waals surface area contributed by atoms with Crippen LogP contribution in [0.4, 0.5) is 15.8 Å². The Morgan fingerprint density at radius 3 is 2.21 bits per heavy atom. The molecule has 2 amide bonds. The van der Waals surface area contributed by atoms with E-state index in [0.717, 1.165) is 12.1 Å². The van der Waals surface area contributed by atoms with Gasteiger partial charge in [-0.1, -0.05) is 0 Å². The first-order chi connectivity index (χ1) is 11.2. The van der Waals surface area contributed by atoms with Gasteiger partial charge in [-0.3, -0.25) is 14.3 Å². The van der Waals surface area contributed by atoms with Crippen LogP contribution in [-0.2, 0) is 14.8 Å². The molecule has 0 saturated carbocycles. The van der Waals surface area contributed by atoms with Crippen molar-refractivity contribution in [1.29, 1.82) is 0 Å². The normalized spacial score (nSPS) is 10.9. The molecule has 0 unspecified atom stereocenters. The summed E-state index contributed by atoms with van der Waals surface area (Å²) in [4.78, 5) is 21.8. The van der Waals surface area contributed by atoms with E-state index >= 15 is 0 Å². The maximum atomic E-state index is 13.9. The number of anilines is 2. The molecule has 2 rings (SSSR count). The third kappa shape index (κ3) is 4.07. The fourth-order valence-electron chi connectivity index (χ4n) is 1.88. The summed E-state index contributed by atoms with van der Waals surface area (Å²) in [7, 11) is -4.03. The highest BCUT2D eigenvalue weighted by Crippen LogP contribution is 2.21. The van der Waals surface area contributed by atoms with Crippen LogP contribution in [0.5, 0.6) is 0 Å². The topological polar surface area (TPSA) is 118 Å². The molecule has 24 heavy (non-hydrogen) atoms. The third-order valence-corrected chi connectivity index (χ3v) is 4.36. The highest BCUT2D eigenvalue weighted by Gasteiger charge is 2.17. The fraction of sp³-hybridized carbons (Fsp3) is 0.0667. The second kappa shape index (κ2) is 6.67. The average Bonchev–Trinajstić information content (AvgIpc) is 2.49. The van der Waals surface area contributed by atoms with Gasteiger partial charge in [-0.2, -0.15) is 0 Å². The lowest BCUT2D eigenvalue weighted by Gasteiger charge is -2.10. The van der Waals surface area contributed by atoms with Gasteiger partial charge in [-0.05, 0) is 42.5 Å². The minimum Gasteiger partial charge on any atom is -0.366 e. The molecule has 0 aliphatic carbocycles. The number of carbonyl (C=O) groups excluding carboxylic acids is 2. The molecule has 0 bridgehead atoms. The van der Waals surface area contributed by atoms with E-state index in [1.165, 1.54) is 37.3 Å². The Bertz CT molecular complexity index is 895. The molecule has 0 atom stereocenters. The van der Waals surface area contributed by atoms with Crippen molar-refractivity contribution >= 4 is 33.2 Å². The van der Waals surface area contributed by atoms with E-state index in [-0.39, 0.29) is 22.1 Å². The molecule has 0 radical (unpaired) electrons. The van der Waals surface area contributed by atoms with E-state index in [1.54, 1.807) is 0 Å². The molecule has 0 spiro atoms. The first-order valence-electron chi connectivity index (χ1n) is 6.69. The van der Waals surface area contributed by atoms with Crippen LogP contribution < -0.4 is 15.8 Å². The van der Waals surface area contributed by atoms with Crippen LogP contribution in [0.2, 0.25) is 0 Å². The van der Waals surface area contributed by atoms with Gasteiger partial charge in [0.2, 0.25) is 11.8 Å². The maximum absolute atomic E-state index is 13.9. The Kier molecular flexibility index (Phi) is 4.84. The number of hydrogen-bond donors (Lipinski definition) is 3. The van der Waals surface area contributed by atoms with Gasteiger partial charge in [-0.15, -0.1) is 0 Å². The van der Waals surface area contributed by atoms with E-state index in [2.05, 4.69) is 10.0 Å². The highest BCUT2D eigenvalue weighted by molar-refractivity contribution is 7.92. The van der Waals surface area contributed by atoms with E-state index < -0.39 is 21.7 Å². The summed E-state index contributed by atoms with van der Waals surface area (Å²) >= 11 is 0. The number of benzene rings is 2. The van der Waals surface area contributed by atoms with Crippen LogP contribution in [0, 0.1) is 5.82 Å². The number of sulfonamides is 1. The number of primary amides is 1. The van der Waals surface area contributed by atoms with E-state index in [4.69, 9.17) is 5.73 Å². The van der Waals surface area contributed by atoms with Crippen molar-refractivity contribution in [3.8, 4) is 0 Å². The van der Waals surface area contributed by atoms with Crippen molar-refractivity contribution in [1.82, 2.24) is 0 Å². The molecule has 0 aromatic heterocycles. The van der Waals surface area contributed by atoms with Gasteiger partial charge >= 0.3 is 0 Å². The second-order valence-corrected chi connectivity index (χ2v) is 6.55. The first kappa shape index (κ1) is 17.4. The molecule has 0 aliphatic heterocycles. The lowest BCUT2D eigenvalue weighted by Crippen LogP contribution is -2.15. The van der Waals surface area contributed by atoms with Crippen molar-refractivity contribution in [2.24, 2.45) is 5.73 Å². The van der Waals surface area contributed by atoms with Crippen molar-refractivity contribution in [3.05, 3.63) is 53.8 Å². The maximum Gasteiger partial charge on any atom is 0.261 e. The third-order valence-electron chi connectivity index (χ3n) is 2.98. The second-order valence-electron chi connectivity index (χ2n) is 4.87. The molecule has 4 N–H and O–H groups in total. The average molecular weight is 351 g/mol. The Labute approximate surface area is 137 Å². The van der Waals surface area contributed by atoms with Crippen LogP contribution >= 0.6 is 0 Å². The summed E-state index contributed by atoms with van der Waals surface area (Å²) in [5, 5.41) is 2.50. The number of amides is 2. The summed E-state index contributed by atoms with van der Waals surface area (Å²) in [6.07, 6.45) is 0. The number of nitrogens with one attached hydrogen (secondary N) is 2. The molecule has 2 aromatic carbocycles. The van der Waals surface area contributed by atoms with Gasteiger partial charge in [0.15, 0.2) is 0 Å². The molecule has 7 nitrogen and oxygen atoms in total. The van der Waals surface area contributed by atoms with Crippen LogP contribution in [0.25, 0.3) is 0 Å². The quantitative estimate of drug-likeness (QED) is 0.759. The predicted octanol–water partition coefficient (Wildman–Crippen LogP) is 1.68. The molecular formula is C15H14FN3O4S. The van der Waals surface area contributed by atoms with Crippen molar-refractivity contribution in [2.45, 2.75) is 11.8 Å². The SMILES string of the molecule is CC(=O)Nc1ccc(S(=O)(=O)Nc2ccc(C(N)=O)cc2F)cc1. The van der Waals surface area contributed by atoms with E-state index in [9.17, 15) is 22.4 Å². The Morgan fingerprint density at radius 1 is 1.08 bits per heavy atom. The first-order valence-corrected chi connectivity index (χ1v) is 8.17. The standard InChI is InChI=1S/C15H14FN3O4S/c1-9(20)18-11-3-5-12(6-4-11)24(22,23)19-14-7-2-10(15(17)21)8-13(14)16/h2-8,19H,1H3,(H2,17,21)(H,18,20). The fourth-order valence-corrected chi connectivity index (χ4v) is 2.94. The number of nitrogens with two attached hydrogens (primary N) is 1. The lowest BCUT2D eigenvalue weighted by molar-refractivity contribution is -0.114.